The number of benzene rings is 3. The van der Waals surface area contributed by atoms with E-state index in [4.69, 9.17) is 14.2 Å². The van der Waals surface area contributed by atoms with E-state index in [-0.39, 0.29) is 12.2 Å². The normalized spacial score (nSPS) is 10.6. The Labute approximate surface area is 209 Å². The molecule has 1 amide bonds. The predicted molar refractivity (Wildman–Crippen MR) is 135 cm³/mol. The van der Waals surface area contributed by atoms with E-state index >= 15 is 0 Å². The van der Waals surface area contributed by atoms with Gasteiger partial charge in [-0.15, -0.1) is 0 Å². The molecule has 0 bridgehead atoms. The highest BCUT2D eigenvalue weighted by Gasteiger charge is 2.13. The maximum absolute atomic E-state index is 12.7. The van der Waals surface area contributed by atoms with Crippen molar-refractivity contribution in [1.29, 1.82) is 5.26 Å². The summed E-state index contributed by atoms with van der Waals surface area (Å²) >= 11 is 0. The lowest BCUT2D eigenvalue weighted by Gasteiger charge is -2.12. The molecule has 0 unspecified atom stereocenters. The van der Waals surface area contributed by atoms with Crippen molar-refractivity contribution in [3.05, 3.63) is 89.5 Å². The third-order valence-electron chi connectivity index (χ3n) is 4.88. The maximum atomic E-state index is 12.7. The first kappa shape index (κ1) is 25.8. The monoisotopic (exact) mass is 486 g/mol. The zero-order valence-electron chi connectivity index (χ0n) is 20.0. The molecule has 8 nitrogen and oxygen atoms in total. The van der Waals surface area contributed by atoms with Crippen molar-refractivity contribution in [3.8, 4) is 23.3 Å². The van der Waals surface area contributed by atoms with Crippen LogP contribution in [0.5, 0.6) is 17.2 Å². The number of hydrogen-bond acceptors (Lipinski definition) is 7. The lowest BCUT2D eigenvalue weighted by atomic mass is 10.1. The number of nitrogens with one attached hydrogen (secondary N) is 1. The van der Waals surface area contributed by atoms with Crippen molar-refractivity contribution in [3.63, 3.8) is 0 Å². The van der Waals surface area contributed by atoms with Gasteiger partial charge in [-0.05, 0) is 60.5 Å². The van der Waals surface area contributed by atoms with Gasteiger partial charge in [-0.1, -0.05) is 36.4 Å². The van der Waals surface area contributed by atoms with Gasteiger partial charge >= 0.3 is 5.97 Å². The van der Waals surface area contributed by atoms with E-state index in [0.29, 0.717) is 41.7 Å². The molecule has 0 saturated carbocycles. The van der Waals surface area contributed by atoms with Crippen LogP contribution in [0.25, 0.3) is 6.08 Å². The minimum Gasteiger partial charge on any atom is -0.490 e. The minimum atomic E-state index is -0.556. The van der Waals surface area contributed by atoms with Crippen molar-refractivity contribution in [2.75, 3.05) is 25.6 Å². The second kappa shape index (κ2) is 13.2. The molecular formula is C28H26N2O6. The number of nitriles is 1. The van der Waals surface area contributed by atoms with Gasteiger partial charge in [0.1, 0.15) is 24.0 Å². The third-order valence-corrected chi connectivity index (χ3v) is 4.88. The largest absolute Gasteiger partial charge is 0.490 e. The summed E-state index contributed by atoms with van der Waals surface area (Å²) in [6.07, 6.45) is 1.44. The van der Waals surface area contributed by atoms with E-state index < -0.39 is 11.9 Å². The van der Waals surface area contributed by atoms with Crippen LogP contribution in [0.4, 0.5) is 5.69 Å². The van der Waals surface area contributed by atoms with E-state index in [1.807, 2.05) is 36.4 Å². The van der Waals surface area contributed by atoms with Crippen LogP contribution in [-0.2, 0) is 20.9 Å². The molecule has 0 fully saturated rings. The Bertz CT molecular complexity index is 1250. The standard InChI is InChI=1S/C28H26N2O6/c1-3-34-26-16-21(9-14-25(26)36-19-27(31)33-2)15-22(17-29)28(32)30-23-10-12-24(13-11-23)35-18-20-7-5-4-6-8-20/h4-16H,3,18-19H2,1-2H3,(H,30,32)/b22-15+. The van der Waals surface area contributed by atoms with Crippen molar-refractivity contribution in [2.45, 2.75) is 13.5 Å². The Morgan fingerprint density at radius 2 is 1.69 bits per heavy atom. The van der Waals surface area contributed by atoms with Crippen molar-refractivity contribution < 1.29 is 28.5 Å². The third kappa shape index (κ3) is 7.64. The van der Waals surface area contributed by atoms with Gasteiger partial charge in [0.15, 0.2) is 18.1 Å². The van der Waals surface area contributed by atoms with Crippen LogP contribution >= 0.6 is 0 Å². The smallest absolute Gasteiger partial charge is 0.343 e. The molecule has 0 aliphatic rings. The SMILES string of the molecule is CCOc1cc(/C=C(\C#N)C(=O)Nc2ccc(OCc3ccccc3)cc2)ccc1OCC(=O)OC. The van der Waals surface area contributed by atoms with E-state index in [9.17, 15) is 14.9 Å². The van der Waals surface area contributed by atoms with E-state index in [2.05, 4.69) is 10.1 Å². The number of rotatable bonds is 11. The molecule has 0 heterocycles. The van der Waals surface area contributed by atoms with Crippen LogP contribution in [0, 0.1) is 11.3 Å². The van der Waals surface area contributed by atoms with Gasteiger partial charge in [-0.2, -0.15) is 5.26 Å². The highest BCUT2D eigenvalue weighted by Crippen LogP contribution is 2.29. The first-order chi connectivity index (χ1) is 17.5. The quantitative estimate of drug-likeness (QED) is 0.237. The van der Waals surface area contributed by atoms with E-state index in [0.717, 1.165) is 5.56 Å². The van der Waals surface area contributed by atoms with Crippen LogP contribution in [0.1, 0.15) is 18.1 Å². The summed E-state index contributed by atoms with van der Waals surface area (Å²) in [5, 5.41) is 12.3. The Morgan fingerprint density at radius 3 is 2.36 bits per heavy atom. The number of ether oxygens (including phenoxy) is 4. The molecule has 3 aromatic carbocycles. The molecule has 0 aliphatic heterocycles. The van der Waals surface area contributed by atoms with Gasteiger partial charge in [0, 0.05) is 5.69 Å². The Kier molecular flexibility index (Phi) is 9.48. The Hall–Kier alpha value is -4.77. The van der Waals surface area contributed by atoms with Crippen LogP contribution in [-0.4, -0.2) is 32.2 Å². The van der Waals surface area contributed by atoms with Gasteiger partial charge in [-0.25, -0.2) is 4.79 Å². The maximum Gasteiger partial charge on any atom is 0.343 e. The van der Waals surface area contributed by atoms with E-state index in [1.165, 1.54) is 13.2 Å². The lowest BCUT2D eigenvalue weighted by molar-refractivity contribution is -0.142. The Morgan fingerprint density at radius 1 is 0.944 bits per heavy atom. The summed E-state index contributed by atoms with van der Waals surface area (Å²) in [6.45, 7) is 2.33. The van der Waals surface area contributed by atoms with Gasteiger partial charge < -0.3 is 24.3 Å². The lowest BCUT2D eigenvalue weighted by Crippen LogP contribution is -2.13. The number of methoxy groups -OCH3 is 1. The van der Waals surface area contributed by atoms with Crippen LogP contribution < -0.4 is 19.5 Å². The molecule has 0 saturated heterocycles. The molecule has 8 heteroatoms. The molecule has 0 atom stereocenters. The van der Waals surface area contributed by atoms with Gasteiger partial charge in [0.05, 0.1) is 13.7 Å². The summed E-state index contributed by atoms with van der Waals surface area (Å²) in [4.78, 5) is 24.0. The first-order valence-electron chi connectivity index (χ1n) is 11.2. The van der Waals surface area contributed by atoms with Crippen molar-refractivity contribution in [1.82, 2.24) is 0 Å². The van der Waals surface area contributed by atoms with Crippen LogP contribution in [0.3, 0.4) is 0 Å². The average Bonchev–Trinajstić information content (AvgIpc) is 2.91. The number of nitrogens with zero attached hydrogens (tertiary/aromatic N) is 1. The van der Waals surface area contributed by atoms with Gasteiger partial charge in [0.2, 0.25) is 0 Å². The Balaban J connectivity index is 1.66. The number of anilines is 1. The second-order valence-electron chi connectivity index (χ2n) is 7.43. The molecule has 184 valence electrons. The molecule has 0 radical (unpaired) electrons. The second-order valence-corrected chi connectivity index (χ2v) is 7.43. The van der Waals surface area contributed by atoms with Crippen LogP contribution in [0.2, 0.25) is 0 Å². The summed E-state index contributed by atoms with van der Waals surface area (Å²) in [6, 6.07) is 23.5. The summed E-state index contributed by atoms with van der Waals surface area (Å²) < 4.78 is 21.3. The first-order valence-corrected chi connectivity index (χ1v) is 11.2. The number of carbonyl (C=O) groups excluding carboxylic acids is 2. The average molecular weight is 487 g/mol. The molecule has 0 aliphatic carbocycles. The van der Waals surface area contributed by atoms with Gasteiger partial charge in [0.25, 0.3) is 5.91 Å². The zero-order chi connectivity index (χ0) is 25.8. The van der Waals surface area contributed by atoms with Crippen LogP contribution in [0.15, 0.2) is 78.4 Å². The van der Waals surface area contributed by atoms with Crippen molar-refractivity contribution >= 4 is 23.6 Å². The highest BCUT2D eigenvalue weighted by molar-refractivity contribution is 6.09. The number of hydrogen-bond donors (Lipinski definition) is 1. The molecule has 3 rings (SSSR count). The summed E-state index contributed by atoms with van der Waals surface area (Å²) in [7, 11) is 1.27. The van der Waals surface area contributed by atoms with Gasteiger partial charge in [-0.3, -0.25) is 4.79 Å². The fourth-order valence-corrected chi connectivity index (χ4v) is 3.09. The highest BCUT2D eigenvalue weighted by atomic mass is 16.6. The molecule has 0 aromatic heterocycles. The molecule has 0 spiro atoms. The fraction of sp³-hybridized carbons (Fsp3) is 0.179. The number of carbonyl (C=O) groups is 2. The van der Waals surface area contributed by atoms with E-state index in [1.54, 1.807) is 49.4 Å². The summed E-state index contributed by atoms with van der Waals surface area (Å²) in [5.74, 6) is 0.293. The zero-order valence-corrected chi connectivity index (χ0v) is 20.0. The minimum absolute atomic E-state index is 0.0925. The summed E-state index contributed by atoms with van der Waals surface area (Å²) in [5.41, 5.74) is 2.04. The molecule has 1 N–H and O–H groups in total. The number of esters is 1. The molecule has 3 aromatic rings. The van der Waals surface area contributed by atoms with Crippen molar-refractivity contribution in [2.24, 2.45) is 0 Å². The molecule has 36 heavy (non-hydrogen) atoms. The topological polar surface area (TPSA) is 107 Å². The molecular weight excluding hydrogens is 460 g/mol. The fourth-order valence-electron chi connectivity index (χ4n) is 3.09. The number of amides is 1. The predicted octanol–water partition coefficient (Wildman–Crippen LogP) is 4.76.